The van der Waals surface area contributed by atoms with Gasteiger partial charge in [-0.05, 0) is 30.7 Å². The second kappa shape index (κ2) is 6.12. The molecule has 0 atom stereocenters. The fourth-order valence-electron chi connectivity index (χ4n) is 3.28. The minimum atomic E-state index is -0.444. The summed E-state index contributed by atoms with van der Waals surface area (Å²) in [6, 6.07) is 13.4. The van der Waals surface area contributed by atoms with Crippen LogP contribution >= 0.6 is 0 Å². The summed E-state index contributed by atoms with van der Waals surface area (Å²) in [7, 11) is 0. The predicted molar refractivity (Wildman–Crippen MR) is 96.1 cm³/mol. The number of H-pyrrole nitrogens is 1. The van der Waals surface area contributed by atoms with Crippen LogP contribution in [-0.4, -0.2) is 42.0 Å². The molecule has 0 radical (unpaired) electrons. The fraction of sp³-hybridized carbons (Fsp3) is 0.263. The quantitative estimate of drug-likeness (QED) is 0.779. The van der Waals surface area contributed by atoms with Crippen molar-refractivity contribution in [1.82, 2.24) is 9.88 Å². The number of nitrogens with one attached hydrogen (secondary N) is 1. The number of aromatic nitrogens is 1. The zero-order valence-electron chi connectivity index (χ0n) is 14.0. The van der Waals surface area contributed by atoms with Crippen LogP contribution in [0.1, 0.15) is 15.9 Å². The van der Waals surface area contributed by atoms with Crippen molar-refractivity contribution in [2.45, 2.75) is 6.92 Å². The summed E-state index contributed by atoms with van der Waals surface area (Å²) < 4.78 is 5.13. The van der Waals surface area contributed by atoms with Gasteiger partial charge in [-0.3, -0.25) is 9.78 Å². The smallest absolute Gasteiger partial charge is 0.408 e. The molecule has 2 aromatic carbocycles. The molecule has 0 bridgehead atoms. The number of rotatable bonds is 2. The molecule has 4 rings (SSSR count). The van der Waals surface area contributed by atoms with Crippen molar-refractivity contribution in [1.29, 1.82) is 0 Å². The van der Waals surface area contributed by atoms with Crippen LogP contribution in [0.4, 0.5) is 5.69 Å². The first-order valence-corrected chi connectivity index (χ1v) is 8.34. The maximum absolute atomic E-state index is 12.7. The minimum Gasteiger partial charge on any atom is -0.408 e. The van der Waals surface area contributed by atoms with Crippen LogP contribution in [0.3, 0.4) is 0 Å². The highest BCUT2D eigenvalue weighted by atomic mass is 16.4. The highest BCUT2D eigenvalue weighted by Crippen LogP contribution is 2.22. The number of hydrogen-bond acceptors (Lipinski definition) is 4. The molecule has 2 heterocycles. The van der Waals surface area contributed by atoms with Gasteiger partial charge in [0.1, 0.15) is 0 Å². The molecular weight excluding hydrogens is 318 g/mol. The Hall–Kier alpha value is -3.02. The molecule has 6 nitrogen and oxygen atoms in total. The third-order valence-electron chi connectivity index (χ3n) is 4.71. The number of carbonyl (C=O) groups excluding carboxylic acids is 1. The molecule has 1 N–H and O–H groups in total. The SMILES string of the molecule is Cc1ccccc1C(=O)N1CCN(c2ccc3[nH]c(=O)oc3c2)CC1. The molecule has 128 valence electrons. The summed E-state index contributed by atoms with van der Waals surface area (Å²) >= 11 is 0. The van der Waals surface area contributed by atoms with Gasteiger partial charge in [-0.1, -0.05) is 18.2 Å². The van der Waals surface area contributed by atoms with E-state index in [0.29, 0.717) is 24.2 Å². The van der Waals surface area contributed by atoms with Crippen molar-refractivity contribution in [2.75, 3.05) is 31.1 Å². The van der Waals surface area contributed by atoms with Crippen LogP contribution in [0, 0.1) is 6.92 Å². The average molecular weight is 337 g/mol. The van der Waals surface area contributed by atoms with E-state index < -0.39 is 5.76 Å². The summed E-state index contributed by atoms with van der Waals surface area (Å²) in [6.07, 6.45) is 0. The topological polar surface area (TPSA) is 69.6 Å². The van der Waals surface area contributed by atoms with Crippen molar-refractivity contribution < 1.29 is 9.21 Å². The van der Waals surface area contributed by atoms with Gasteiger partial charge in [0, 0.05) is 43.5 Å². The Morgan fingerprint density at radius 2 is 1.84 bits per heavy atom. The highest BCUT2D eigenvalue weighted by molar-refractivity contribution is 5.95. The van der Waals surface area contributed by atoms with Gasteiger partial charge in [0.15, 0.2) is 5.58 Å². The van der Waals surface area contributed by atoms with Crippen LogP contribution in [0.2, 0.25) is 0 Å². The third kappa shape index (κ3) is 2.91. The molecule has 1 amide bonds. The summed E-state index contributed by atoms with van der Waals surface area (Å²) in [6.45, 7) is 4.80. The molecule has 0 unspecified atom stereocenters. The summed E-state index contributed by atoms with van der Waals surface area (Å²) in [5.74, 6) is -0.356. The van der Waals surface area contributed by atoms with Gasteiger partial charge >= 0.3 is 5.76 Å². The van der Waals surface area contributed by atoms with Crippen molar-refractivity contribution in [3.8, 4) is 0 Å². The molecule has 3 aromatic rings. The number of oxazole rings is 1. The molecule has 6 heteroatoms. The Morgan fingerprint density at radius 1 is 1.08 bits per heavy atom. The van der Waals surface area contributed by atoms with Crippen molar-refractivity contribution in [3.63, 3.8) is 0 Å². The van der Waals surface area contributed by atoms with E-state index in [9.17, 15) is 9.59 Å². The Kier molecular flexibility index (Phi) is 3.80. The van der Waals surface area contributed by atoms with E-state index in [0.717, 1.165) is 29.9 Å². The van der Waals surface area contributed by atoms with Crippen LogP contribution in [-0.2, 0) is 0 Å². The number of nitrogens with zero attached hydrogens (tertiary/aromatic N) is 2. The highest BCUT2D eigenvalue weighted by Gasteiger charge is 2.23. The fourth-order valence-corrected chi connectivity index (χ4v) is 3.28. The van der Waals surface area contributed by atoms with Crippen LogP contribution in [0.25, 0.3) is 11.1 Å². The Morgan fingerprint density at radius 3 is 2.60 bits per heavy atom. The summed E-state index contributed by atoms with van der Waals surface area (Å²) in [5.41, 5.74) is 4.02. The number of carbonyl (C=O) groups is 1. The van der Waals surface area contributed by atoms with E-state index in [-0.39, 0.29) is 5.91 Å². The largest absolute Gasteiger partial charge is 0.417 e. The molecule has 1 saturated heterocycles. The van der Waals surface area contributed by atoms with Gasteiger partial charge in [-0.25, -0.2) is 4.79 Å². The molecular formula is C19H19N3O3. The molecule has 25 heavy (non-hydrogen) atoms. The standard InChI is InChI=1S/C19H19N3O3/c1-13-4-2-3-5-15(13)18(23)22-10-8-21(9-11-22)14-6-7-16-17(12-14)25-19(24)20-16/h2-7,12H,8-11H2,1H3,(H,20,24). The second-order valence-corrected chi connectivity index (χ2v) is 6.29. The van der Waals surface area contributed by atoms with E-state index in [2.05, 4.69) is 9.88 Å². The van der Waals surface area contributed by atoms with Gasteiger partial charge in [0.05, 0.1) is 5.52 Å². The lowest BCUT2D eigenvalue weighted by molar-refractivity contribution is 0.0746. The van der Waals surface area contributed by atoms with E-state index in [1.807, 2.05) is 54.3 Å². The number of hydrogen-bond donors (Lipinski definition) is 1. The first kappa shape index (κ1) is 15.5. The maximum Gasteiger partial charge on any atom is 0.417 e. The molecule has 0 aliphatic carbocycles. The number of amides is 1. The third-order valence-corrected chi connectivity index (χ3v) is 4.71. The summed E-state index contributed by atoms with van der Waals surface area (Å²) in [5, 5.41) is 0. The first-order chi connectivity index (χ1) is 12.1. The van der Waals surface area contributed by atoms with Gasteiger partial charge < -0.3 is 14.2 Å². The molecule has 1 aliphatic rings. The first-order valence-electron chi connectivity index (χ1n) is 8.34. The van der Waals surface area contributed by atoms with E-state index in [4.69, 9.17) is 4.42 Å². The Bertz CT molecular complexity index is 981. The zero-order valence-corrected chi connectivity index (χ0v) is 14.0. The summed E-state index contributed by atoms with van der Waals surface area (Å²) in [4.78, 5) is 30.7. The Labute approximate surface area is 144 Å². The normalized spacial score (nSPS) is 14.9. The number of anilines is 1. The lowest BCUT2D eigenvalue weighted by atomic mass is 10.1. The second-order valence-electron chi connectivity index (χ2n) is 6.29. The van der Waals surface area contributed by atoms with Crippen molar-refractivity contribution in [2.24, 2.45) is 0 Å². The lowest BCUT2D eigenvalue weighted by Crippen LogP contribution is -2.48. The molecule has 0 saturated carbocycles. The minimum absolute atomic E-state index is 0.0878. The van der Waals surface area contributed by atoms with Crippen molar-refractivity contribution in [3.05, 3.63) is 64.1 Å². The van der Waals surface area contributed by atoms with E-state index in [1.54, 1.807) is 0 Å². The Balaban J connectivity index is 1.48. The maximum atomic E-state index is 12.7. The van der Waals surface area contributed by atoms with E-state index >= 15 is 0 Å². The molecule has 0 spiro atoms. The number of aromatic amines is 1. The number of piperazine rings is 1. The molecule has 1 aromatic heterocycles. The number of fused-ring (bicyclic) bond motifs is 1. The van der Waals surface area contributed by atoms with Crippen LogP contribution < -0.4 is 10.7 Å². The number of aryl methyl sites for hydroxylation is 1. The zero-order chi connectivity index (χ0) is 17.4. The molecule has 1 aliphatic heterocycles. The van der Waals surface area contributed by atoms with E-state index in [1.165, 1.54) is 0 Å². The van der Waals surface area contributed by atoms with Gasteiger partial charge in [0.25, 0.3) is 5.91 Å². The average Bonchev–Trinajstić information content (AvgIpc) is 3.01. The van der Waals surface area contributed by atoms with Gasteiger partial charge in [-0.15, -0.1) is 0 Å². The van der Waals surface area contributed by atoms with Crippen molar-refractivity contribution >= 4 is 22.7 Å². The van der Waals surface area contributed by atoms with Crippen LogP contribution in [0.15, 0.2) is 51.7 Å². The molecule has 1 fully saturated rings. The monoisotopic (exact) mass is 337 g/mol. The lowest BCUT2D eigenvalue weighted by Gasteiger charge is -2.36. The van der Waals surface area contributed by atoms with Gasteiger partial charge in [-0.2, -0.15) is 0 Å². The van der Waals surface area contributed by atoms with Gasteiger partial charge in [0.2, 0.25) is 0 Å². The van der Waals surface area contributed by atoms with Crippen LogP contribution in [0.5, 0.6) is 0 Å². The predicted octanol–water partition coefficient (Wildman–Crippen LogP) is 2.39. The number of benzene rings is 2.